The Labute approximate surface area is 272 Å². The Morgan fingerprint density at radius 3 is 2.02 bits per heavy atom. The van der Waals surface area contributed by atoms with Gasteiger partial charge in [0.15, 0.2) is 0 Å². The van der Waals surface area contributed by atoms with Gasteiger partial charge in [0.2, 0.25) is 35.4 Å². The number of carbonyl (C=O) groups excluding carboxylic acids is 8. The van der Waals surface area contributed by atoms with Crippen molar-refractivity contribution in [3.63, 3.8) is 0 Å². The minimum atomic E-state index is -1.05. The first-order valence-corrected chi connectivity index (χ1v) is 15.3. The Morgan fingerprint density at radius 1 is 0.702 bits per heavy atom. The number of unbranched alkanes of at least 4 members (excludes halogenated alkanes) is 2. The number of imide groups is 1. The fraction of sp³-hybridized carbons (Fsp3) is 0.484. The molecule has 0 aromatic heterocycles. The molecule has 0 unspecified atom stereocenters. The molecule has 1 aliphatic heterocycles. The van der Waals surface area contributed by atoms with E-state index < -0.39 is 36.2 Å². The molecule has 0 saturated heterocycles. The molecular formula is C31H43N7O9. The summed E-state index contributed by atoms with van der Waals surface area (Å²) in [5.41, 5.74) is 0.754. The van der Waals surface area contributed by atoms with Crippen molar-refractivity contribution in [2.75, 3.05) is 46.6 Å². The second kappa shape index (κ2) is 21.6. The second-order valence-corrected chi connectivity index (χ2v) is 10.5. The molecule has 0 bridgehead atoms. The van der Waals surface area contributed by atoms with Crippen LogP contribution in [0, 0.1) is 0 Å². The SMILES string of the molecule is CNC(=O)CCCOCNC(=O)CNC(=O)[C@H](Cc1ccccc1)NC(=O)CNC(=O)CNC(=O)CCCCCN1C(=O)C=CC1=O. The quantitative estimate of drug-likeness (QED) is 0.0468. The van der Waals surface area contributed by atoms with Crippen LogP contribution in [0.2, 0.25) is 0 Å². The van der Waals surface area contributed by atoms with Crippen molar-refractivity contribution in [3.8, 4) is 0 Å². The van der Waals surface area contributed by atoms with Crippen molar-refractivity contribution in [1.82, 2.24) is 36.8 Å². The van der Waals surface area contributed by atoms with Crippen LogP contribution in [0.3, 0.4) is 0 Å². The number of ether oxygens (including phenoxy) is 1. The fourth-order valence-corrected chi connectivity index (χ4v) is 4.21. The molecule has 1 atom stereocenters. The molecule has 0 aliphatic carbocycles. The van der Waals surface area contributed by atoms with Crippen LogP contribution in [0.1, 0.15) is 44.1 Å². The lowest BCUT2D eigenvalue weighted by atomic mass is 10.1. The highest BCUT2D eigenvalue weighted by Crippen LogP contribution is 2.08. The largest absolute Gasteiger partial charge is 0.361 e. The highest BCUT2D eigenvalue weighted by molar-refractivity contribution is 6.12. The maximum absolute atomic E-state index is 12.9. The number of benzene rings is 1. The van der Waals surface area contributed by atoms with Crippen LogP contribution in [0.4, 0.5) is 0 Å². The van der Waals surface area contributed by atoms with Gasteiger partial charge in [-0.3, -0.25) is 43.3 Å². The third-order valence-corrected chi connectivity index (χ3v) is 6.78. The molecule has 16 heteroatoms. The number of hydrogen-bond acceptors (Lipinski definition) is 9. The lowest BCUT2D eigenvalue weighted by Gasteiger charge is -2.19. The zero-order valence-electron chi connectivity index (χ0n) is 26.4. The van der Waals surface area contributed by atoms with Gasteiger partial charge >= 0.3 is 0 Å². The molecule has 0 fully saturated rings. The van der Waals surface area contributed by atoms with E-state index in [1.807, 2.05) is 0 Å². The zero-order chi connectivity index (χ0) is 34.4. The van der Waals surface area contributed by atoms with Crippen molar-refractivity contribution >= 4 is 47.3 Å². The van der Waals surface area contributed by atoms with Crippen LogP contribution in [0.5, 0.6) is 0 Å². The van der Waals surface area contributed by atoms with Crippen molar-refractivity contribution in [3.05, 3.63) is 48.0 Å². The molecule has 1 aromatic rings. The average Bonchev–Trinajstić information content (AvgIpc) is 3.39. The molecule has 0 spiro atoms. The van der Waals surface area contributed by atoms with E-state index in [-0.39, 0.29) is 69.4 Å². The Hall–Kier alpha value is -5.12. The summed E-state index contributed by atoms with van der Waals surface area (Å²) in [5, 5.41) is 14.9. The summed E-state index contributed by atoms with van der Waals surface area (Å²) in [5.74, 6) is -3.57. The van der Waals surface area contributed by atoms with Crippen LogP contribution in [0.25, 0.3) is 0 Å². The van der Waals surface area contributed by atoms with Gasteiger partial charge in [-0.1, -0.05) is 36.8 Å². The van der Waals surface area contributed by atoms with Crippen molar-refractivity contribution in [2.45, 2.75) is 51.0 Å². The summed E-state index contributed by atoms with van der Waals surface area (Å²) in [6, 6.07) is 7.86. The van der Waals surface area contributed by atoms with Gasteiger partial charge in [-0.2, -0.15) is 0 Å². The van der Waals surface area contributed by atoms with Crippen molar-refractivity contribution < 1.29 is 43.1 Å². The Kier molecular flexibility index (Phi) is 17.5. The molecule has 16 nitrogen and oxygen atoms in total. The van der Waals surface area contributed by atoms with E-state index in [9.17, 15) is 38.4 Å². The first-order chi connectivity index (χ1) is 22.6. The summed E-state index contributed by atoms with van der Waals surface area (Å²) >= 11 is 0. The number of amides is 8. The van der Waals surface area contributed by atoms with Crippen LogP contribution >= 0.6 is 0 Å². The van der Waals surface area contributed by atoms with E-state index in [0.29, 0.717) is 32.1 Å². The molecule has 1 heterocycles. The zero-order valence-corrected chi connectivity index (χ0v) is 26.4. The van der Waals surface area contributed by atoms with E-state index in [0.717, 1.165) is 10.5 Å². The molecular weight excluding hydrogens is 614 g/mol. The first kappa shape index (κ1) is 38.1. The van der Waals surface area contributed by atoms with Crippen molar-refractivity contribution in [2.24, 2.45) is 0 Å². The Bertz CT molecular complexity index is 1270. The summed E-state index contributed by atoms with van der Waals surface area (Å²) in [4.78, 5) is 97.2. The fourth-order valence-electron chi connectivity index (χ4n) is 4.21. The number of hydrogen-bond donors (Lipinski definition) is 6. The molecule has 0 saturated carbocycles. The normalized spacial score (nSPS) is 12.7. The highest BCUT2D eigenvalue weighted by atomic mass is 16.5. The maximum Gasteiger partial charge on any atom is 0.253 e. The number of nitrogens with one attached hydrogen (secondary N) is 6. The van der Waals surface area contributed by atoms with Gasteiger partial charge in [0.25, 0.3) is 11.8 Å². The van der Waals surface area contributed by atoms with E-state index >= 15 is 0 Å². The minimum absolute atomic E-state index is 0.101. The third-order valence-electron chi connectivity index (χ3n) is 6.78. The van der Waals surface area contributed by atoms with Crippen molar-refractivity contribution in [1.29, 1.82) is 0 Å². The van der Waals surface area contributed by atoms with Crippen LogP contribution < -0.4 is 31.9 Å². The number of rotatable bonds is 22. The topological polar surface area (TPSA) is 221 Å². The van der Waals surface area contributed by atoms with Gasteiger partial charge in [-0.05, 0) is 24.8 Å². The average molecular weight is 658 g/mol. The summed E-state index contributed by atoms with van der Waals surface area (Å²) in [7, 11) is 1.54. The van der Waals surface area contributed by atoms with Gasteiger partial charge in [0, 0.05) is 51.6 Å². The monoisotopic (exact) mass is 657 g/mol. The van der Waals surface area contributed by atoms with Gasteiger partial charge in [-0.15, -0.1) is 0 Å². The molecule has 0 radical (unpaired) electrons. The van der Waals surface area contributed by atoms with E-state index in [2.05, 4.69) is 31.9 Å². The minimum Gasteiger partial charge on any atom is -0.361 e. The lowest BCUT2D eigenvalue weighted by molar-refractivity contribution is -0.137. The smallest absolute Gasteiger partial charge is 0.253 e. The van der Waals surface area contributed by atoms with Crippen LogP contribution in [-0.2, 0) is 49.5 Å². The van der Waals surface area contributed by atoms with Crippen LogP contribution in [0.15, 0.2) is 42.5 Å². The van der Waals surface area contributed by atoms with E-state index in [1.54, 1.807) is 30.3 Å². The molecule has 6 N–H and O–H groups in total. The summed E-state index contributed by atoms with van der Waals surface area (Å²) in [6.45, 7) is -0.730. The Balaban J connectivity index is 1.68. The molecule has 1 aliphatic rings. The van der Waals surface area contributed by atoms with Crippen LogP contribution in [-0.4, -0.2) is 105 Å². The van der Waals surface area contributed by atoms with E-state index in [4.69, 9.17) is 4.74 Å². The summed E-state index contributed by atoms with van der Waals surface area (Å²) in [6.07, 6.45) is 5.14. The predicted octanol–water partition coefficient (Wildman–Crippen LogP) is -1.84. The van der Waals surface area contributed by atoms with Gasteiger partial charge in [-0.25, -0.2) is 0 Å². The first-order valence-electron chi connectivity index (χ1n) is 15.3. The van der Waals surface area contributed by atoms with E-state index in [1.165, 1.54) is 19.2 Å². The molecule has 8 amide bonds. The summed E-state index contributed by atoms with van der Waals surface area (Å²) < 4.78 is 5.25. The maximum atomic E-state index is 12.9. The van der Waals surface area contributed by atoms with Gasteiger partial charge < -0.3 is 36.6 Å². The third kappa shape index (κ3) is 16.1. The number of nitrogens with zero attached hydrogens (tertiary/aromatic N) is 1. The lowest BCUT2D eigenvalue weighted by Crippen LogP contribution is -2.52. The highest BCUT2D eigenvalue weighted by Gasteiger charge is 2.23. The molecule has 47 heavy (non-hydrogen) atoms. The van der Waals surface area contributed by atoms with Gasteiger partial charge in [0.1, 0.15) is 12.8 Å². The molecule has 2 rings (SSSR count). The Morgan fingerprint density at radius 2 is 1.32 bits per heavy atom. The molecule has 1 aromatic carbocycles. The van der Waals surface area contributed by atoms with Gasteiger partial charge in [0.05, 0.1) is 19.6 Å². The second-order valence-electron chi connectivity index (χ2n) is 10.5. The predicted molar refractivity (Wildman–Crippen MR) is 168 cm³/mol. The number of carbonyl (C=O) groups is 8. The molecule has 256 valence electrons. The standard InChI is InChI=1S/C31H43N7O9/c1-32-24(39)12-8-16-47-21-36-27(42)19-35-31(46)23(17-22-9-4-2-5-10-22)37-28(43)20-34-26(41)18-33-25(40)11-6-3-7-15-38-29(44)13-14-30(38)45/h2,4-5,9-10,13-14,23H,3,6-8,11-12,15-21H2,1H3,(H,32,39)(H,33,40)(H,34,41)(H,35,46)(H,36,42)(H,37,43)/t23-/m0/s1.